The lowest BCUT2D eigenvalue weighted by Gasteiger charge is -2.40. The van der Waals surface area contributed by atoms with Gasteiger partial charge in [0.1, 0.15) is 10.8 Å². The van der Waals surface area contributed by atoms with Crippen LogP contribution in [-0.4, -0.2) is 21.7 Å². The van der Waals surface area contributed by atoms with E-state index in [1.54, 1.807) is 19.1 Å². The third kappa shape index (κ3) is 3.24. The van der Waals surface area contributed by atoms with Crippen molar-refractivity contribution in [1.29, 1.82) is 5.41 Å². The summed E-state index contributed by atoms with van der Waals surface area (Å²) in [6.07, 6.45) is 3.75. The van der Waals surface area contributed by atoms with Gasteiger partial charge in [-0.05, 0) is 43.5 Å². The molecule has 1 aromatic carbocycles. The molecule has 1 aliphatic heterocycles. The lowest BCUT2D eigenvalue weighted by Crippen LogP contribution is -2.66. The predicted octanol–water partition coefficient (Wildman–Crippen LogP) is 2.56. The number of pyridine rings is 1. The van der Waals surface area contributed by atoms with Crippen LogP contribution in [0.4, 0.5) is 4.39 Å². The van der Waals surface area contributed by atoms with Crippen molar-refractivity contribution in [1.82, 2.24) is 5.32 Å². The Kier molecular flexibility index (Phi) is 4.52. The van der Waals surface area contributed by atoms with Gasteiger partial charge < -0.3 is 10.4 Å². The number of halogens is 1. The first-order chi connectivity index (χ1) is 11.8. The van der Waals surface area contributed by atoms with Gasteiger partial charge in [0.2, 0.25) is 6.04 Å². The van der Waals surface area contributed by atoms with Crippen LogP contribution in [0, 0.1) is 18.2 Å². The Morgan fingerprint density at radius 2 is 2.12 bits per heavy atom. The zero-order valence-electron chi connectivity index (χ0n) is 14.0. The molecule has 25 heavy (non-hydrogen) atoms. The molecule has 0 amide bonds. The summed E-state index contributed by atoms with van der Waals surface area (Å²) >= 11 is 5.32. The maximum Gasteiger partial charge on any atom is 0.216 e. The smallest absolute Gasteiger partial charge is 0.216 e. The van der Waals surface area contributed by atoms with Gasteiger partial charge in [-0.25, -0.2) is 4.39 Å². The second kappa shape index (κ2) is 6.48. The van der Waals surface area contributed by atoms with E-state index < -0.39 is 17.7 Å². The van der Waals surface area contributed by atoms with Crippen molar-refractivity contribution in [2.75, 3.05) is 0 Å². The van der Waals surface area contributed by atoms with Crippen molar-refractivity contribution >= 4 is 23.1 Å². The molecule has 1 saturated heterocycles. The molecule has 1 aromatic heterocycles. The summed E-state index contributed by atoms with van der Waals surface area (Å²) < 4.78 is 15.7. The largest absolute Gasteiger partial charge is 0.366 e. The zero-order valence-corrected chi connectivity index (χ0v) is 14.8. The topological polar surface area (TPSA) is 60.0 Å². The summed E-state index contributed by atoms with van der Waals surface area (Å²) in [5.41, 5.74) is 0.696. The van der Waals surface area contributed by atoms with Crippen LogP contribution in [0.5, 0.6) is 0 Å². The molecular weight excluding hydrogens is 337 g/mol. The molecule has 3 rings (SSSR count). The van der Waals surface area contributed by atoms with E-state index >= 15 is 0 Å². The first-order valence-corrected chi connectivity index (χ1v) is 8.31. The van der Waals surface area contributed by atoms with Crippen molar-refractivity contribution in [3.05, 3.63) is 71.3 Å². The molecule has 2 aromatic rings. The number of piperidine rings is 1. The van der Waals surface area contributed by atoms with Crippen LogP contribution in [0.3, 0.4) is 0 Å². The number of thiocarbonyl (C=S) groups is 1. The normalized spacial score (nSPS) is 26.1. The van der Waals surface area contributed by atoms with E-state index in [-0.39, 0.29) is 10.8 Å². The van der Waals surface area contributed by atoms with Gasteiger partial charge in [-0.15, -0.1) is 0 Å². The maximum absolute atomic E-state index is 13.8. The van der Waals surface area contributed by atoms with E-state index in [9.17, 15) is 9.50 Å². The number of nitrogens with zero attached hydrogens (tertiary/aromatic N) is 1. The average molecular weight is 356 g/mol. The molecule has 3 atom stereocenters. The predicted molar refractivity (Wildman–Crippen MR) is 97.1 cm³/mol. The van der Waals surface area contributed by atoms with Crippen LogP contribution >= 0.6 is 12.2 Å². The van der Waals surface area contributed by atoms with Crippen molar-refractivity contribution in [3.63, 3.8) is 0 Å². The molecule has 0 saturated carbocycles. The molecule has 1 fully saturated rings. The van der Waals surface area contributed by atoms with E-state index in [0.717, 1.165) is 5.56 Å². The minimum atomic E-state index is -1.38. The van der Waals surface area contributed by atoms with Gasteiger partial charge in [0.25, 0.3) is 0 Å². The molecule has 0 aliphatic carbocycles. The van der Waals surface area contributed by atoms with Crippen molar-refractivity contribution in [3.8, 4) is 0 Å². The van der Waals surface area contributed by atoms with Crippen LogP contribution in [0.25, 0.3) is 0 Å². The van der Waals surface area contributed by atoms with Gasteiger partial charge in [0, 0.05) is 11.6 Å². The Bertz CT molecular complexity index is 890. The van der Waals surface area contributed by atoms with Gasteiger partial charge in [-0.1, -0.05) is 24.4 Å². The highest BCUT2D eigenvalue weighted by atomic mass is 32.1. The fourth-order valence-electron chi connectivity index (χ4n) is 3.43. The highest BCUT2D eigenvalue weighted by molar-refractivity contribution is 7.80. The molecule has 0 bridgehead atoms. The standard InChI is InChI=1S/C19H18FN3OS/c1-12-5-4-8-23(11-12)17-16(13-6-3-7-14(20)9-13)15(10-21)18(25)22-19(17,2)24/h3-9,11,16-17,21,24H,1-2H3/p+1. The quantitative estimate of drug-likeness (QED) is 0.335. The first-order valence-electron chi connectivity index (χ1n) is 7.91. The van der Waals surface area contributed by atoms with Crippen molar-refractivity contribution < 1.29 is 14.1 Å². The third-order valence-electron chi connectivity index (χ3n) is 4.45. The summed E-state index contributed by atoms with van der Waals surface area (Å²) in [7, 11) is 0. The summed E-state index contributed by atoms with van der Waals surface area (Å²) in [6.45, 7) is 3.59. The number of aliphatic hydroxyl groups is 1. The summed E-state index contributed by atoms with van der Waals surface area (Å²) in [5.74, 6) is 1.50. The third-order valence-corrected chi connectivity index (χ3v) is 4.77. The fraction of sp³-hybridized carbons (Fsp3) is 0.263. The molecule has 3 unspecified atom stereocenters. The van der Waals surface area contributed by atoms with Crippen LogP contribution in [0.2, 0.25) is 0 Å². The minimum absolute atomic E-state index is 0.249. The molecular formula is C19H19FN3OS+. The maximum atomic E-state index is 13.8. The molecule has 6 heteroatoms. The Morgan fingerprint density at radius 3 is 2.76 bits per heavy atom. The second-order valence-electron chi connectivity index (χ2n) is 6.45. The Labute approximate surface area is 151 Å². The molecule has 0 spiro atoms. The SMILES string of the molecule is Cc1ccc[n+](C2C(c3cccc(F)c3)C(=C=N)C(=S)NC2(C)O)c1. The van der Waals surface area contributed by atoms with Crippen LogP contribution in [0.15, 0.2) is 54.4 Å². The Morgan fingerprint density at radius 1 is 1.36 bits per heavy atom. The Balaban J connectivity index is 2.25. The summed E-state index contributed by atoms with van der Waals surface area (Å²) in [4.78, 5) is 0.249. The highest BCUT2D eigenvalue weighted by Gasteiger charge is 2.52. The van der Waals surface area contributed by atoms with E-state index in [1.165, 1.54) is 12.1 Å². The number of aromatic nitrogens is 1. The number of rotatable bonds is 2. The van der Waals surface area contributed by atoms with Gasteiger partial charge in [-0.3, -0.25) is 5.41 Å². The molecule has 128 valence electrons. The highest BCUT2D eigenvalue weighted by Crippen LogP contribution is 2.41. The van der Waals surface area contributed by atoms with Gasteiger partial charge in [0.15, 0.2) is 18.1 Å². The molecule has 3 N–H and O–H groups in total. The van der Waals surface area contributed by atoms with Crippen LogP contribution in [-0.2, 0) is 0 Å². The van der Waals surface area contributed by atoms with Crippen LogP contribution in [0.1, 0.15) is 30.0 Å². The van der Waals surface area contributed by atoms with E-state index in [2.05, 4.69) is 11.2 Å². The van der Waals surface area contributed by atoms with Gasteiger partial charge in [0.05, 0.1) is 11.5 Å². The van der Waals surface area contributed by atoms with E-state index in [1.807, 2.05) is 36.0 Å². The number of nitrogens with one attached hydrogen (secondary N) is 2. The Hall–Kier alpha value is -2.40. The van der Waals surface area contributed by atoms with Gasteiger partial charge in [-0.2, -0.15) is 4.57 Å². The molecule has 2 heterocycles. The lowest BCUT2D eigenvalue weighted by atomic mass is 9.77. The fourth-order valence-corrected chi connectivity index (χ4v) is 3.81. The monoisotopic (exact) mass is 356 g/mol. The molecule has 1 aliphatic rings. The number of hydrogen-bond donors (Lipinski definition) is 3. The van der Waals surface area contributed by atoms with Crippen molar-refractivity contribution in [2.24, 2.45) is 0 Å². The van der Waals surface area contributed by atoms with E-state index in [4.69, 9.17) is 17.6 Å². The second-order valence-corrected chi connectivity index (χ2v) is 6.85. The average Bonchev–Trinajstić information content (AvgIpc) is 2.53. The zero-order chi connectivity index (χ0) is 18.2. The van der Waals surface area contributed by atoms with E-state index in [0.29, 0.717) is 11.1 Å². The van der Waals surface area contributed by atoms with Gasteiger partial charge >= 0.3 is 0 Å². The molecule has 0 radical (unpaired) electrons. The minimum Gasteiger partial charge on any atom is -0.366 e. The number of aryl methyl sites for hydroxylation is 1. The summed E-state index contributed by atoms with van der Waals surface area (Å²) in [6, 6.07) is 9.47. The van der Waals surface area contributed by atoms with Crippen LogP contribution < -0.4 is 9.88 Å². The number of hydrogen-bond acceptors (Lipinski definition) is 3. The van der Waals surface area contributed by atoms with Crippen molar-refractivity contribution in [2.45, 2.75) is 31.5 Å². The number of benzene rings is 1. The lowest BCUT2D eigenvalue weighted by molar-refractivity contribution is -0.740. The molecule has 4 nitrogen and oxygen atoms in total. The first kappa shape index (κ1) is 17.4. The summed E-state index contributed by atoms with van der Waals surface area (Å²) in [5, 5.41) is 21.6.